The Kier molecular flexibility index (Phi) is 3.15. The van der Waals surface area contributed by atoms with E-state index in [0.717, 1.165) is 10.9 Å². The van der Waals surface area contributed by atoms with Gasteiger partial charge >= 0.3 is 5.97 Å². The number of rotatable bonds is 3. The number of carbonyl (C=O) groups is 1. The maximum absolute atomic E-state index is 11.5. The Hall–Kier alpha value is -1.81. The van der Waals surface area contributed by atoms with Gasteiger partial charge in [-0.1, -0.05) is 18.2 Å². The van der Waals surface area contributed by atoms with Crippen LogP contribution in [0.3, 0.4) is 0 Å². The van der Waals surface area contributed by atoms with E-state index in [1.54, 1.807) is 13.1 Å². The van der Waals surface area contributed by atoms with Gasteiger partial charge in [-0.15, -0.1) is 0 Å². The lowest BCUT2D eigenvalue weighted by molar-refractivity contribution is -0.153. The number of aliphatic hydroxyl groups is 1. The first kappa shape index (κ1) is 11.7. The van der Waals surface area contributed by atoms with E-state index in [-0.39, 0.29) is 6.61 Å². The minimum Gasteiger partial charge on any atom is -0.464 e. The Morgan fingerprint density at radius 3 is 2.88 bits per heavy atom. The molecule has 1 atom stereocenters. The molecule has 1 N–H and O–H groups in total. The Morgan fingerprint density at radius 2 is 2.18 bits per heavy atom. The monoisotopic (exact) mass is 233 g/mol. The molecule has 17 heavy (non-hydrogen) atoms. The van der Waals surface area contributed by atoms with Gasteiger partial charge in [0.2, 0.25) is 0 Å². The van der Waals surface area contributed by atoms with Gasteiger partial charge < -0.3 is 14.4 Å². The van der Waals surface area contributed by atoms with Gasteiger partial charge in [0.25, 0.3) is 0 Å². The van der Waals surface area contributed by atoms with Crippen molar-refractivity contribution in [3.05, 3.63) is 36.0 Å². The minimum absolute atomic E-state index is 0.265. The molecule has 2 rings (SSSR count). The molecule has 1 heterocycles. The molecule has 0 spiro atoms. The second-order valence-corrected chi connectivity index (χ2v) is 3.87. The number of hydrogen-bond acceptors (Lipinski definition) is 3. The predicted octanol–water partition coefficient (Wildman–Crippen LogP) is 1.77. The summed E-state index contributed by atoms with van der Waals surface area (Å²) in [4.78, 5) is 11.5. The van der Waals surface area contributed by atoms with Crippen LogP contribution in [0.1, 0.15) is 18.6 Å². The van der Waals surface area contributed by atoms with Crippen LogP contribution in [0.15, 0.2) is 30.5 Å². The van der Waals surface area contributed by atoms with E-state index in [1.165, 1.54) is 0 Å². The first-order valence-corrected chi connectivity index (χ1v) is 5.53. The van der Waals surface area contributed by atoms with Crippen molar-refractivity contribution in [2.24, 2.45) is 7.05 Å². The third kappa shape index (κ3) is 2.03. The summed E-state index contributed by atoms with van der Waals surface area (Å²) < 4.78 is 6.70. The Bertz CT molecular complexity index is 545. The van der Waals surface area contributed by atoms with Crippen LogP contribution in [0.2, 0.25) is 0 Å². The molecule has 0 saturated carbocycles. The first-order valence-electron chi connectivity index (χ1n) is 5.53. The topological polar surface area (TPSA) is 51.5 Å². The number of aromatic nitrogens is 1. The van der Waals surface area contributed by atoms with Crippen LogP contribution < -0.4 is 0 Å². The smallest absolute Gasteiger partial charge is 0.339 e. The number of para-hydroxylation sites is 1. The van der Waals surface area contributed by atoms with Crippen molar-refractivity contribution < 1.29 is 14.6 Å². The normalized spacial score (nSPS) is 12.6. The summed E-state index contributed by atoms with van der Waals surface area (Å²) in [5.41, 5.74) is 1.56. The fourth-order valence-corrected chi connectivity index (χ4v) is 1.94. The van der Waals surface area contributed by atoms with Gasteiger partial charge in [-0.25, -0.2) is 4.79 Å². The van der Waals surface area contributed by atoms with Crippen LogP contribution >= 0.6 is 0 Å². The fourth-order valence-electron chi connectivity index (χ4n) is 1.94. The average Bonchev–Trinajstić information content (AvgIpc) is 2.67. The second kappa shape index (κ2) is 4.59. The summed E-state index contributed by atoms with van der Waals surface area (Å²) in [5, 5.41) is 10.8. The third-order valence-corrected chi connectivity index (χ3v) is 2.73. The first-order chi connectivity index (χ1) is 8.15. The van der Waals surface area contributed by atoms with E-state index in [1.807, 2.05) is 35.9 Å². The van der Waals surface area contributed by atoms with E-state index in [4.69, 9.17) is 4.74 Å². The molecule has 0 saturated heterocycles. The summed E-state index contributed by atoms with van der Waals surface area (Å²) in [7, 11) is 1.88. The Balaban J connectivity index is 2.45. The molecule has 4 nitrogen and oxygen atoms in total. The summed E-state index contributed by atoms with van der Waals surface area (Å²) in [6.07, 6.45) is 0.535. The third-order valence-electron chi connectivity index (χ3n) is 2.73. The van der Waals surface area contributed by atoms with Gasteiger partial charge in [0.15, 0.2) is 6.10 Å². The van der Waals surface area contributed by atoms with Gasteiger partial charge in [-0.3, -0.25) is 0 Å². The van der Waals surface area contributed by atoms with Crippen molar-refractivity contribution in [3.63, 3.8) is 0 Å². The number of hydrogen-bond donors (Lipinski definition) is 1. The number of ether oxygens (including phenoxy) is 1. The van der Waals surface area contributed by atoms with Crippen LogP contribution in [0.5, 0.6) is 0 Å². The molecule has 1 aromatic heterocycles. The number of carbonyl (C=O) groups excluding carboxylic acids is 1. The number of aliphatic hydroxyl groups excluding tert-OH is 1. The molecule has 0 fully saturated rings. The van der Waals surface area contributed by atoms with Crippen molar-refractivity contribution in [3.8, 4) is 0 Å². The van der Waals surface area contributed by atoms with Crippen molar-refractivity contribution >= 4 is 16.9 Å². The predicted molar refractivity (Wildman–Crippen MR) is 64.5 cm³/mol. The quantitative estimate of drug-likeness (QED) is 0.822. The van der Waals surface area contributed by atoms with E-state index in [0.29, 0.717) is 5.56 Å². The highest BCUT2D eigenvalue weighted by Gasteiger charge is 2.22. The lowest BCUT2D eigenvalue weighted by Crippen LogP contribution is -2.15. The van der Waals surface area contributed by atoms with E-state index < -0.39 is 12.1 Å². The molecule has 0 radical (unpaired) electrons. The lowest BCUT2D eigenvalue weighted by Gasteiger charge is -2.08. The number of benzene rings is 1. The SMILES string of the molecule is CCOC(=O)[C@H](O)c1cn(C)c2ccccc12. The number of nitrogens with zero attached hydrogens (tertiary/aromatic N) is 1. The zero-order chi connectivity index (χ0) is 12.4. The molecule has 2 aromatic rings. The van der Waals surface area contributed by atoms with Crippen LogP contribution in [-0.4, -0.2) is 22.2 Å². The molecule has 0 aliphatic heterocycles. The zero-order valence-corrected chi connectivity index (χ0v) is 9.88. The Labute approximate surface area is 99.4 Å². The summed E-state index contributed by atoms with van der Waals surface area (Å²) in [5.74, 6) is -0.608. The maximum atomic E-state index is 11.5. The molecular weight excluding hydrogens is 218 g/mol. The molecule has 0 aliphatic carbocycles. The summed E-state index contributed by atoms with van der Waals surface area (Å²) in [6.45, 7) is 1.98. The van der Waals surface area contributed by atoms with Crippen LogP contribution in [-0.2, 0) is 16.6 Å². The van der Waals surface area contributed by atoms with Crippen molar-refractivity contribution in [1.82, 2.24) is 4.57 Å². The molecule has 4 heteroatoms. The number of aryl methyl sites for hydroxylation is 1. The molecule has 0 bridgehead atoms. The number of esters is 1. The molecule has 0 aliphatic rings. The highest BCUT2D eigenvalue weighted by molar-refractivity contribution is 5.89. The highest BCUT2D eigenvalue weighted by Crippen LogP contribution is 2.26. The van der Waals surface area contributed by atoms with Gasteiger partial charge in [-0.05, 0) is 13.0 Å². The van der Waals surface area contributed by atoms with E-state index in [9.17, 15) is 9.90 Å². The average molecular weight is 233 g/mol. The van der Waals surface area contributed by atoms with Crippen molar-refractivity contribution in [2.75, 3.05) is 6.61 Å². The van der Waals surface area contributed by atoms with Gasteiger partial charge in [0, 0.05) is 29.7 Å². The van der Waals surface area contributed by atoms with Crippen LogP contribution in [0.25, 0.3) is 10.9 Å². The number of fused-ring (bicyclic) bond motifs is 1. The highest BCUT2D eigenvalue weighted by atomic mass is 16.5. The van der Waals surface area contributed by atoms with Crippen molar-refractivity contribution in [1.29, 1.82) is 0 Å². The standard InChI is InChI=1S/C13H15NO3/c1-3-17-13(16)12(15)10-8-14(2)11-7-5-4-6-9(10)11/h4-8,12,15H,3H2,1-2H3/t12-/m1/s1. The zero-order valence-electron chi connectivity index (χ0n) is 9.88. The fraction of sp³-hybridized carbons (Fsp3) is 0.308. The molecule has 0 amide bonds. The molecule has 90 valence electrons. The minimum atomic E-state index is -1.22. The van der Waals surface area contributed by atoms with E-state index in [2.05, 4.69) is 0 Å². The van der Waals surface area contributed by atoms with E-state index >= 15 is 0 Å². The van der Waals surface area contributed by atoms with Crippen LogP contribution in [0, 0.1) is 0 Å². The van der Waals surface area contributed by atoms with Crippen LogP contribution in [0.4, 0.5) is 0 Å². The second-order valence-electron chi connectivity index (χ2n) is 3.87. The molecule has 1 aromatic carbocycles. The molecular formula is C13H15NO3. The largest absolute Gasteiger partial charge is 0.464 e. The molecule has 0 unspecified atom stereocenters. The van der Waals surface area contributed by atoms with Crippen molar-refractivity contribution in [2.45, 2.75) is 13.0 Å². The maximum Gasteiger partial charge on any atom is 0.339 e. The van der Waals surface area contributed by atoms with Gasteiger partial charge in [-0.2, -0.15) is 0 Å². The van der Waals surface area contributed by atoms with Gasteiger partial charge in [0.1, 0.15) is 0 Å². The van der Waals surface area contributed by atoms with Gasteiger partial charge in [0.05, 0.1) is 6.61 Å². The lowest BCUT2D eigenvalue weighted by atomic mass is 10.1. The summed E-state index contributed by atoms with van der Waals surface area (Å²) >= 11 is 0. The summed E-state index contributed by atoms with van der Waals surface area (Å²) in [6, 6.07) is 7.62. The Morgan fingerprint density at radius 1 is 1.47 bits per heavy atom.